The maximum Gasteiger partial charge on any atom is 0.488 e. The van der Waals surface area contributed by atoms with Gasteiger partial charge in [0.25, 0.3) is 0 Å². The van der Waals surface area contributed by atoms with Crippen molar-refractivity contribution in [1.29, 1.82) is 0 Å². The Hall–Kier alpha value is -1.21. The summed E-state index contributed by atoms with van der Waals surface area (Å²) in [5, 5.41) is 35.5. The molecule has 0 radical (unpaired) electrons. The molecule has 0 atom stereocenters. The molecule has 1 aromatic carbocycles. The summed E-state index contributed by atoms with van der Waals surface area (Å²) in [5.41, 5.74) is -1.11. The Kier molecular flexibility index (Phi) is 6.38. The second-order valence-electron chi connectivity index (χ2n) is 5.28. The van der Waals surface area contributed by atoms with Crippen LogP contribution in [0.3, 0.4) is 0 Å². The highest BCUT2D eigenvalue weighted by molar-refractivity contribution is 6.58. The molecule has 0 bridgehead atoms. The Morgan fingerprint density at radius 3 is 1.53 bits per heavy atom. The van der Waals surface area contributed by atoms with Gasteiger partial charge in [-0.05, 0) is 33.2 Å². The maximum absolute atomic E-state index is 10.2. The van der Waals surface area contributed by atoms with Crippen molar-refractivity contribution in [3.8, 4) is 0 Å². The molecular weight excluding hydrogens is 247 g/mol. The minimum atomic E-state index is -1.46. The molecule has 6 heteroatoms. The van der Waals surface area contributed by atoms with Crippen LogP contribution in [0.1, 0.15) is 38.1 Å². The molecule has 4 N–H and O–H groups in total. The Morgan fingerprint density at radius 2 is 1.32 bits per heavy atom. The highest BCUT2D eigenvalue weighted by atomic mass is 16.4. The van der Waals surface area contributed by atoms with E-state index in [1.807, 2.05) is 0 Å². The first-order valence-electron chi connectivity index (χ1n) is 5.85. The summed E-state index contributed by atoms with van der Waals surface area (Å²) in [4.78, 5) is 10.2. The Bertz CT molecular complexity index is 375. The maximum atomic E-state index is 10.2. The van der Waals surface area contributed by atoms with Crippen LogP contribution in [0.15, 0.2) is 24.3 Å². The first-order chi connectivity index (χ1) is 8.49. The molecule has 1 rings (SSSR count). The Balaban J connectivity index is 0.000000362. The third-order valence-electron chi connectivity index (χ3n) is 2.87. The number of aldehydes is 1. The van der Waals surface area contributed by atoms with Gasteiger partial charge in [0, 0.05) is 5.56 Å². The van der Waals surface area contributed by atoms with Crippen LogP contribution in [-0.4, -0.2) is 44.9 Å². The number of carbonyl (C=O) groups excluding carboxylic acids is 1. The molecule has 0 aliphatic heterocycles. The lowest BCUT2D eigenvalue weighted by atomic mass is 9.80. The topological polar surface area (TPSA) is 98.0 Å². The number of hydrogen-bond acceptors (Lipinski definition) is 5. The molecule has 0 aliphatic carbocycles. The zero-order chi connectivity index (χ0) is 15.3. The Labute approximate surface area is 113 Å². The quantitative estimate of drug-likeness (QED) is 0.446. The summed E-state index contributed by atoms with van der Waals surface area (Å²) in [5.74, 6) is 0. The van der Waals surface area contributed by atoms with Gasteiger partial charge in [-0.15, -0.1) is 0 Å². The van der Waals surface area contributed by atoms with E-state index < -0.39 is 18.3 Å². The SMILES string of the molecule is CC(C)(O)C(C)(C)O.O=Cc1ccc(B(O)O)cc1. The summed E-state index contributed by atoms with van der Waals surface area (Å²) >= 11 is 0. The van der Waals surface area contributed by atoms with Crippen molar-refractivity contribution in [2.45, 2.75) is 38.9 Å². The van der Waals surface area contributed by atoms with Gasteiger partial charge in [-0.1, -0.05) is 24.3 Å². The van der Waals surface area contributed by atoms with Gasteiger partial charge in [0.1, 0.15) is 6.29 Å². The number of hydrogen-bond donors (Lipinski definition) is 4. The van der Waals surface area contributed by atoms with Crippen LogP contribution < -0.4 is 5.46 Å². The molecule has 1 aromatic rings. The van der Waals surface area contributed by atoms with Gasteiger partial charge < -0.3 is 20.3 Å². The van der Waals surface area contributed by atoms with E-state index >= 15 is 0 Å². The molecule has 0 fully saturated rings. The third-order valence-corrected chi connectivity index (χ3v) is 2.87. The van der Waals surface area contributed by atoms with Crippen molar-refractivity contribution in [2.24, 2.45) is 0 Å². The summed E-state index contributed by atoms with van der Waals surface area (Å²) in [6.07, 6.45) is 0.702. The molecule has 0 saturated heterocycles. The largest absolute Gasteiger partial charge is 0.488 e. The van der Waals surface area contributed by atoms with Gasteiger partial charge in [0.05, 0.1) is 11.2 Å². The van der Waals surface area contributed by atoms with Crippen molar-refractivity contribution in [3.63, 3.8) is 0 Å². The van der Waals surface area contributed by atoms with E-state index in [4.69, 9.17) is 20.3 Å². The fourth-order valence-electron chi connectivity index (χ4n) is 0.747. The highest BCUT2D eigenvalue weighted by Gasteiger charge is 2.31. The molecule has 0 aliphatic rings. The van der Waals surface area contributed by atoms with Gasteiger partial charge in [-0.25, -0.2) is 0 Å². The van der Waals surface area contributed by atoms with Crippen LogP contribution in [0.4, 0.5) is 0 Å². The van der Waals surface area contributed by atoms with Gasteiger partial charge in [-0.2, -0.15) is 0 Å². The van der Waals surface area contributed by atoms with Crippen LogP contribution in [0.5, 0.6) is 0 Å². The summed E-state index contributed by atoms with van der Waals surface area (Å²) in [6, 6.07) is 6.05. The predicted octanol–water partition coefficient (Wildman–Crippen LogP) is -0.293. The van der Waals surface area contributed by atoms with Crippen LogP contribution >= 0.6 is 0 Å². The first-order valence-corrected chi connectivity index (χ1v) is 5.85. The summed E-state index contributed by atoms with van der Waals surface area (Å²) < 4.78 is 0. The lowest BCUT2D eigenvalue weighted by Crippen LogP contribution is -2.44. The smallest absolute Gasteiger partial charge is 0.423 e. The van der Waals surface area contributed by atoms with Crippen molar-refractivity contribution in [3.05, 3.63) is 29.8 Å². The highest BCUT2D eigenvalue weighted by Crippen LogP contribution is 2.19. The van der Waals surface area contributed by atoms with E-state index in [0.29, 0.717) is 17.3 Å². The predicted molar refractivity (Wildman–Crippen MR) is 74.3 cm³/mol. The lowest BCUT2D eigenvalue weighted by Gasteiger charge is -2.31. The first kappa shape index (κ1) is 17.8. The van der Waals surface area contributed by atoms with E-state index in [2.05, 4.69) is 0 Å². The number of rotatable bonds is 3. The van der Waals surface area contributed by atoms with Crippen LogP contribution in [-0.2, 0) is 0 Å². The van der Waals surface area contributed by atoms with E-state index in [1.54, 1.807) is 27.7 Å². The second kappa shape index (κ2) is 6.82. The van der Waals surface area contributed by atoms with Crippen LogP contribution in [0.25, 0.3) is 0 Å². The fourth-order valence-corrected chi connectivity index (χ4v) is 0.747. The molecule has 5 nitrogen and oxygen atoms in total. The molecule has 106 valence electrons. The summed E-state index contributed by atoms with van der Waals surface area (Å²) in [7, 11) is -1.46. The minimum Gasteiger partial charge on any atom is -0.423 e. The average molecular weight is 268 g/mol. The van der Waals surface area contributed by atoms with Crippen molar-refractivity contribution < 1.29 is 25.1 Å². The van der Waals surface area contributed by atoms with E-state index in [0.717, 1.165) is 0 Å². The average Bonchev–Trinajstić information content (AvgIpc) is 2.27. The van der Waals surface area contributed by atoms with Gasteiger partial charge in [-0.3, -0.25) is 4.79 Å². The normalized spacial score (nSPS) is 11.4. The van der Waals surface area contributed by atoms with E-state index in [-0.39, 0.29) is 0 Å². The number of carbonyl (C=O) groups is 1. The molecule has 0 heterocycles. The van der Waals surface area contributed by atoms with E-state index in [1.165, 1.54) is 24.3 Å². The van der Waals surface area contributed by atoms with Gasteiger partial charge in [0.15, 0.2) is 0 Å². The standard InChI is InChI=1S/C7H7BO3.C6H14O2/c9-5-6-1-3-7(4-2-6)8(10)11;1-5(2,7)6(3,4)8/h1-5,10-11H;7-8H,1-4H3. The molecule has 0 saturated carbocycles. The summed E-state index contributed by atoms with van der Waals surface area (Å²) in [6.45, 7) is 6.31. The fraction of sp³-hybridized carbons (Fsp3) is 0.462. The Morgan fingerprint density at radius 1 is 0.947 bits per heavy atom. The van der Waals surface area contributed by atoms with Crippen LogP contribution in [0.2, 0.25) is 0 Å². The van der Waals surface area contributed by atoms with E-state index in [9.17, 15) is 4.79 Å². The second-order valence-corrected chi connectivity index (χ2v) is 5.28. The zero-order valence-electron chi connectivity index (χ0n) is 11.7. The molecular formula is C13H21BO5. The third kappa shape index (κ3) is 6.49. The lowest BCUT2D eigenvalue weighted by molar-refractivity contribution is -0.107. The van der Waals surface area contributed by atoms with Crippen LogP contribution in [0, 0.1) is 0 Å². The molecule has 0 aromatic heterocycles. The van der Waals surface area contributed by atoms with Crippen molar-refractivity contribution >= 4 is 18.9 Å². The van der Waals surface area contributed by atoms with Gasteiger partial charge >= 0.3 is 7.12 Å². The number of aliphatic hydroxyl groups is 2. The zero-order valence-corrected chi connectivity index (χ0v) is 11.7. The molecule has 0 unspecified atom stereocenters. The molecule has 19 heavy (non-hydrogen) atoms. The van der Waals surface area contributed by atoms with Crippen molar-refractivity contribution in [1.82, 2.24) is 0 Å². The number of benzene rings is 1. The monoisotopic (exact) mass is 268 g/mol. The van der Waals surface area contributed by atoms with Gasteiger partial charge in [0.2, 0.25) is 0 Å². The van der Waals surface area contributed by atoms with Crippen molar-refractivity contribution in [2.75, 3.05) is 0 Å². The molecule has 0 amide bonds. The minimum absolute atomic E-state index is 0.385. The molecule has 0 spiro atoms.